The predicted molar refractivity (Wildman–Crippen MR) is 109 cm³/mol. The zero-order valence-electron chi connectivity index (χ0n) is 16.7. The van der Waals surface area contributed by atoms with Gasteiger partial charge in [0, 0.05) is 23.6 Å². The summed E-state index contributed by atoms with van der Waals surface area (Å²) in [6.07, 6.45) is 8.73. The van der Waals surface area contributed by atoms with E-state index in [1.54, 1.807) is 0 Å². The molecule has 2 bridgehead atoms. The Hall–Kier alpha value is -2.04. The summed E-state index contributed by atoms with van der Waals surface area (Å²) < 4.78 is 0. The number of amides is 2. The molecular weight excluding hydrogens is 350 g/mol. The van der Waals surface area contributed by atoms with Gasteiger partial charge in [0.1, 0.15) is 5.66 Å². The first-order valence-corrected chi connectivity index (χ1v) is 11.1. The van der Waals surface area contributed by atoms with Crippen LogP contribution in [0.1, 0.15) is 68.6 Å². The van der Waals surface area contributed by atoms with Crippen molar-refractivity contribution in [1.82, 2.24) is 10.6 Å². The minimum absolute atomic E-state index is 0.0129. The number of hydrogen-bond donors (Lipinski definition) is 3. The molecule has 2 amide bonds. The number of hydrogen-bond acceptors (Lipinski definition) is 3. The van der Waals surface area contributed by atoms with Crippen LogP contribution in [-0.2, 0) is 4.79 Å². The third kappa shape index (κ3) is 2.90. The molecule has 150 valence electrons. The average Bonchev–Trinajstić information content (AvgIpc) is 2.70. The molecule has 5 heteroatoms. The highest BCUT2D eigenvalue weighted by Gasteiger charge is 2.55. The summed E-state index contributed by atoms with van der Waals surface area (Å²) in [6.45, 7) is 2.27. The largest absolute Gasteiger partial charge is 0.362 e. The van der Waals surface area contributed by atoms with Gasteiger partial charge in [-0.1, -0.05) is 31.9 Å². The Morgan fingerprint density at radius 3 is 2.71 bits per heavy atom. The Kier molecular flexibility index (Phi) is 4.37. The van der Waals surface area contributed by atoms with E-state index in [4.69, 9.17) is 0 Å². The molecule has 1 heterocycles. The van der Waals surface area contributed by atoms with E-state index in [1.165, 1.54) is 19.3 Å². The quantitative estimate of drug-likeness (QED) is 0.732. The van der Waals surface area contributed by atoms with Crippen molar-refractivity contribution in [3.05, 3.63) is 29.8 Å². The third-order valence-electron chi connectivity index (χ3n) is 7.92. The van der Waals surface area contributed by atoms with Gasteiger partial charge in [0.25, 0.3) is 5.91 Å². The predicted octanol–water partition coefficient (Wildman–Crippen LogP) is 3.67. The molecule has 4 saturated carbocycles. The highest BCUT2D eigenvalue weighted by Crippen LogP contribution is 2.51. The highest BCUT2D eigenvalue weighted by atomic mass is 16.2. The van der Waals surface area contributed by atoms with E-state index in [0.29, 0.717) is 23.8 Å². The normalized spacial score (nSPS) is 39.0. The zero-order chi connectivity index (χ0) is 19.3. The Bertz CT molecular complexity index is 794. The van der Waals surface area contributed by atoms with E-state index in [0.717, 1.165) is 43.4 Å². The molecule has 6 rings (SSSR count). The van der Waals surface area contributed by atoms with Gasteiger partial charge in [-0.05, 0) is 62.5 Å². The lowest BCUT2D eigenvalue weighted by Crippen LogP contribution is -2.68. The molecule has 1 aliphatic heterocycles. The summed E-state index contributed by atoms with van der Waals surface area (Å²) >= 11 is 0. The van der Waals surface area contributed by atoms with E-state index < -0.39 is 0 Å². The molecule has 0 saturated heterocycles. The number of para-hydroxylation sites is 1. The number of nitrogens with one attached hydrogen (secondary N) is 3. The fourth-order valence-corrected chi connectivity index (χ4v) is 6.28. The zero-order valence-corrected chi connectivity index (χ0v) is 16.7. The van der Waals surface area contributed by atoms with Gasteiger partial charge in [-0.25, -0.2) is 0 Å². The van der Waals surface area contributed by atoms with E-state index >= 15 is 0 Å². The van der Waals surface area contributed by atoms with Gasteiger partial charge in [-0.3, -0.25) is 9.59 Å². The molecule has 6 atom stereocenters. The molecule has 4 aliphatic carbocycles. The van der Waals surface area contributed by atoms with Crippen molar-refractivity contribution in [1.29, 1.82) is 0 Å². The summed E-state index contributed by atoms with van der Waals surface area (Å²) in [6, 6.07) is 8.08. The Labute approximate surface area is 167 Å². The first kappa shape index (κ1) is 18.0. The first-order chi connectivity index (χ1) is 13.6. The summed E-state index contributed by atoms with van der Waals surface area (Å²) in [5.41, 5.74) is 1.26. The molecule has 5 aliphatic rings. The number of rotatable bonds is 2. The molecule has 4 fully saturated rings. The summed E-state index contributed by atoms with van der Waals surface area (Å²) in [5, 5.41) is 10.3. The first-order valence-electron chi connectivity index (χ1n) is 11.1. The van der Waals surface area contributed by atoms with Gasteiger partial charge in [0.05, 0.1) is 5.56 Å². The van der Waals surface area contributed by atoms with Crippen molar-refractivity contribution < 1.29 is 9.59 Å². The second-order valence-corrected chi connectivity index (χ2v) is 9.55. The summed E-state index contributed by atoms with van der Waals surface area (Å²) in [7, 11) is 0. The Morgan fingerprint density at radius 1 is 1.11 bits per heavy atom. The topological polar surface area (TPSA) is 70.2 Å². The van der Waals surface area contributed by atoms with Crippen LogP contribution in [0, 0.1) is 23.7 Å². The van der Waals surface area contributed by atoms with E-state index in [1.807, 2.05) is 24.3 Å². The monoisotopic (exact) mass is 381 g/mol. The summed E-state index contributed by atoms with van der Waals surface area (Å²) in [4.78, 5) is 25.8. The van der Waals surface area contributed by atoms with Crippen LogP contribution in [0.3, 0.4) is 0 Å². The summed E-state index contributed by atoms with van der Waals surface area (Å²) in [5.74, 6) is 1.58. The van der Waals surface area contributed by atoms with Crippen molar-refractivity contribution in [2.75, 3.05) is 5.32 Å². The van der Waals surface area contributed by atoms with Crippen LogP contribution in [0.5, 0.6) is 0 Å². The minimum atomic E-state index is -0.386. The lowest BCUT2D eigenvalue weighted by Gasteiger charge is -2.56. The van der Waals surface area contributed by atoms with Crippen molar-refractivity contribution in [2.24, 2.45) is 23.7 Å². The van der Waals surface area contributed by atoms with Crippen molar-refractivity contribution in [3.8, 4) is 0 Å². The molecule has 1 aromatic rings. The molecule has 1 spiro atoms. The number of anilines is 1. The maximum atomic E-state index is 13.1. The molecule has 1 aromatic carbocycles. The van der Waals surface area contributed by atoms with E-state index in [2.05, 4.69) is 22.9 Å². The lowest BCUT2D eigenvalue weighted by atomic mass is 9.58. The molecule has 28 heavy (non-hydrogen) atoms. The third-order valence-corrected chi connectivity index (χ3v) is 7.92. The fourth-order valence-electron chi connectivity index (χ4n) is 6.28. The van der Waals surface area contributed by atoms with Crippen LogP contribution in [0.2, 0.25) is 0 Å². The van der Waals surface area contributed by atoms with Gasteiger partial charge >= 0.3 is 0 Å². The number of carbonyl (C=O) groups is 2. The van der Waals surface area contributed by atoms with Gasteiger partial charge < -0.3 is 16.0 Å². The van der Waals surface area contributed by atoms with Crippen molar-refractivity contribution in [3.63, 3.8) is 0 Å². The lowest BCUT2D eigenvalue weighted by molar-refractivity contribution is -0.133. The Balaban J connectivity index is 1.32. The average molecular weight is 382 g/mol. The van der Waals surface area contributed by atoms with Crippen LogP contribution >= 0.6 is 0 Å². The van der Waals surface area contributed by atoms with Gasteiger partial charge in [0.15, 0.2) is 0 Å². The highest BCUT2D eigenvalue weighted by molar-refractivity contribution is 6.02. The van der Waals surface area contributed by atoms with Crippen LogP contribution in [0.4, 0.5) is 5.69 Å². The van der Waals surface area contributed by atoms with E-state index in [-0.39, 0.29) is 23.4 Å². The molecule has 0 radical (unpaired) electrons. The standard InChI is InChI=1S/C23H31N3O2/c1-14-6-2-4-8-19(14)24-21(27)18-12-16-11-10-15(18)13-23(16)25-20-9-5-3-7-17(20)22(28)26-23/h3,5,7,9,14-16,18-19,25H,2,4,6,8,10-13H2,1H3,(H,24,27)(H,26,28)/t14-,15+,16-,18+,19-,23+/m0/s1. The number of benzene rings is 1. The van der Waals surface area contributed by atoms with Gasteiger partial charge in [0.2, 0.25) is 5.91 Å². The Morgan fingerprint density at radius 2 is 1.93 bits per heavy atom. The van der Waals surface area contributed by atoms with Crippen LogP contribution in [0.25, 0.3) is 0 Å². The molecule has 0 aromatic heterocycles. The maximum Gasteiger partial charge on any atom is 0.255 e. The van der Waals surface area contributed by atoms with Crippen LogP contribution in [-0.4, -0.2) is 23.5 Å². The van der Waals surface area contributed by atoms with Crippen LogP contribution < -0.4 is 16.0 Å². The van der Waals surface area contributed by atoms with Gasteiger partial charge in [-0.15, -0.1) is 0 Å². The molecule has 3 N–H and O–H groups in total. The van der Waals surface area contributed by atoms with Crippen molar-refractivity contribution >= 4 is 17.5 Å². The minimum Gasteiger partial charge on any atom is -0.362 e. The molecule has 5 nitrogen and oxygen atoms in total. The number of fused-ring (bicyclic) bond motifs is 3. The number of carbonyl (C=O) groups excluding carboxylic acids is 2. The SMILES string of the molecule is C[C@H]1CCCC[C@@H]1NC(=O)[C@@H]1C[C@@H]2CC[C@@H]1C[C@@]21NC(=O)c2ccccc2N1. The van der Waals surface area contributed by atoms with Gasteiger partial charge in [-0.2, -0.15) is 0 Å². The van der Waals surface area contributed by atoms with Crippen LogP contribution in [0.15, 0.2) is 24.3 Å². The maximum absolute atomic E-state index is 13.1. The second-order valence-electron chi connectivity index (χ2n) is 9.55. The van der Waals surface area contributed by atoms with Crippen molar-refractivity contribution in [2.45, 2.75) is 70.0 Å². The fraction of sp³-hybridized carbons (Fsp3) is 0.652. The second kappa shape index (κ2) is 6.78. The van der Waals surface area contributed by atoms with E-state index in [9.17, 15) is 9.59 Å². The smallest absolute Gasteiger partial charge is 0.255 e. The molecule has 0 unspecified atom stereocenters. The molecular formula is C23H31N3O2.